The van der Waals surface area contributed by atoms with Crippen LogP contribution in [0.25, 0.3) is 5.69 Å². The van der Waals surface area contributed by atoms with Gasteiger partial charge in [-0.15, -0.1) is 0 Å². The summed E-state index contributed by atoms with van der Waals surface area (Å²) in [6.45, 7) is 0. The normalized spacial score (nSPS) is 10.4. The summed E-state index contributed by atoms with van der Waals surface area (Å²) < 4.78 is 32.9. The quantitative estimate of drug-likeness (QED) is 0.907. The Kier molecular flexibility index (Phi) is 2.97. The fraction of sp³-hybridized carbons (Fsp3) is 0.0909. The molecule has 7 heteroatoms. The third kappa shape index (κ3) is 1.90. The van der Waals surface area contributed by atoms with Crippen molar-refractivity contribution in [2.45, 2.75) is 0 Å². The van der Waals surface area contributed by atoms with Gasteiger partial charge in [0.15, 0.2) is 17.3 Å². The van der Waals surface area contributed by atoms with Gasteiger partial charge in [-0.25, -0.2) is 14.2 Å². The zero-order valence-electron chi connectivity index (χ0n) is 9.22. The number of hydrogen-bond acceptors (Lipinski definition) is 3. The van der Waals surface area contributed by atoms with E-state index in [9.17, 15) is 13.6 Å². The summed E-state index contributed by atoms with van der Waals surface area (Å²) >= 11 is 0. The molecule has 1 aromatic carbocycles. The van der Waals surface area contributed by atoms with E-state index in [1.54, 1.807) is 0 Å². The Labute approximate surface area is 100 Å². The number of imidazole rings is 1. The average Bonchev–Trinajstić information content (AvgIpc) is 2.82. The zero-order valence-corrected chi connectivity index (χ0v) is 9.22. The third-order valence-electron chi connectivity index (χ3n) is 2.33. The number of methoxy groups -OCH3 is 1. The monoisotopic (exact) mass is 254 g/mol. The number of carboxylic acid groups (broad SMARTS) is 1. The Morgan fingerprint density at radius 2 is 2.11 bits per heavy atom. The molecule has 0 saturated carbocycles. The van der Waals surface area contributed by atoms with Crippen LogP contribution in [0.5, 0.6) is 5.75 Å². The summed E-state index contributed by atoms with van der Waals surface area (Å²) in [5.41, 5.74) is -0.404. The number of ether oxygens (including phenoxy) is 1. The summed E-state index contributed by atoms with van der Waals surface area (Å²) in [4.78, 5) is 14.2. The summed E-state index contributed by atoms with van der Waals surface area (Å²) in [6.07, 6.45) is 2.18. The summed E-state index contributed by atoms with van der Waals surface area (Å²) in [7, 11) is 1.22. The Hall–Kier alpha value is -2.44. The molecule has 2 aromatic rings. The number of nitrogens with zero attached hydrogens (tertiary/aromatic N) is 2. The number of hydrogen-bond donors (Lipinski definition) is 1. The minimum atomic E-state index is -1.25. The van der Waals surface area contributed by atoms with Crippen LogP contribution in [-0.2, 0) is 0 Å². The van der Waals surface area contributed by atoms with E-state index in [0.717, 1.165) is 17.1 Å². The molecule has 0 aliphatic carbocycles. The van der Waals surface area contributed by atoms with Crippen LogP contribution in [0.4, 0.5) is 8.78 Å². The lowest BCUT2D eigenvalue weighted by Gasteiger charge is -2.07. The van der Waals surface area contributed by atoms with Gasteiger partial charge in [-0.05, 0) is 12.1 Å². The first kappa shape index (κ1) is 12.0. The molecule has 0 radical (unpaired) electrons. The van der Waals surface area contributed by atoms with Gasteiger partial charge in [0.2, 0.25) is 5.82 Å². The van der Waals surface area contributed by atoms with Crippen LogP contribution in [-0.4, -0.2) is 27.7 Å². The van der Waals surface area contributed by atoms with Gasteiger partial charge in [-0.2, -0.15) is 4.39 Å². The number of aromatic nitrogens is 2. The van der Waals surface area contributed by atoms with Crippen LogP contribution in [0, 0.1) is 11.6 Å². The molecule has 94 valence electrons. The summed E-state index contributed by atoms with van der Waals surface area (Å²) in [5, 5.41) is 8.69. The van der Waals surface area contributed by atoms with Crippen molar-refractivity contribution in [3.05, 3.63) is 42.0 Å². The van der Waals surface area contributed by atoms with Gasteiger partial charge < -0.3 is 14.4 Å². The Morgan fingerprint density at radius 3 is 2.67 bits per heavy atom. The number of rotatable bonds is 3. The summed E-state index contributed by atoms with van der Waals surface area (Å²) in [6, 6.07) is 2.51. The van der Waals surface area contributed by atoms with Crippen molar-refractivity contribution in [1.82, 2.24) is 9.55 Å². The molecule has 1 N–H and O–H groups in total. The van der Waals surface area contributed by atoms with Gasteiger partial charge in [0.05, 0.1) is 12.8 Å². The fourth-order valence-electron chi connectivity index (χ4n) is 1.44. The molecule has 0 amide bonds. The van der Waals surface area contributed by atoms with Crippen molar-refractivity contribution in [3.63, 3.8) is 0 Å². The van der Waals surface area contributed by atoms with E-state index in [2.05, 4.69) is 9.72 Å². The number of benzene rings is 1. The minimum absolute atomic E-state index is 0.145. The lowest BCUT2D eigenvalue weighted by atomic mass is 10.2. The smallest absolute Gasteiger partial charge is 0.356 e. The maximum atomic E-state index is 13.7. The van der Waals surface area contributed by atoms with Crippen molar-refractivity contribution in [2.75, 3.05) is 7.11 Å². The lowest BCUT2D eigenvalue weighted by molar-refractivity contribution is 0.0691. The van der Waals surface area contributed by atoms with Crippen LogP contribution >= 0.6 is 0 Å². The molecule has 0 aliphatic rings. The molecule has 1 heterocycles. The molecule has 2 rings (SSSR count). The molecule has 18 heavy (non-hydrogen) atoms. The van der Waals surface area contributed by atoms with E-state index in [-0.39, 0.29) is 17.1 Å². The Morgan fingerprint density at radius 1 is 1.39 bits per heavy atom. The van der Waals surface area contributed by atoms with E-state index in [1.807, 2.05) is 0 Å². The van der Waals surface area contributed by atoms with Crippen molar-refractivity contribution in [2.24, 2.45) is 0 Å². The van der Waals surface area contributed by atoms with Gasteiger partial charge in [-0.1, -0.05) is 0 Å². The van der Waals surface area contributed by atoms with Crippen LogP contribution < -0.4 is 4.74 Å². The number of carbonyl (C=O) groups is 1. The molecule has 0 bridgehead atoms. The molecule has 0 fully saturated rings. The first-order chi connectivity index (χ1) is 8.54. The number of aromatic carboxylic acids is 1. The SMILES string of the molecule is COc1ccc(-n2cnc(C(=O)O)c2)c(F)c1F. The van der Waals surface area contributed by atoms with Crippen molar-refractivity contribution in [3.8, 4) is 11.4 Å². The molecular formula is C11H8F2N2O3. The first-order valence-corrected chi connectivity index (χ1v) is 4.84. The summed E-state index contributed by atoms with van der Waals surface area (Å²) in [5.74, 6) is -3.75. The maximum Gasteiger partial charge on any atom is 0.356 e. The van der Waals surface area contributed by atoms with Crippen molar-refractivity contribution >= 4 is 5.97 Å². The zero-order chi connectivity index (χ0) is 13.3. The topological polar surface area (TPSA) is 64.4 Å². The molecule has 0 atom stereocenters. The van der Waals surface area contributed by atoms with E-state index in [4.69, 9.17) is 5.11 Å². The van der Waals surface area contributed by atoms with Crippen molar-refractivity contribution in [1.29, 1.82) is 0 Å². The highest BCUT2D eigenvalue weighted by molar-refractivity contribution is 5.85. The van der Waals surface area contributed by atoms with Crippen LogP contribution in [0.1, 0.15) is 10.5 Å². The minimum Gasteiger partial charge on any atom is -0.494 e. The van der Waals surface area contributed by atoms with E-state index in [1.165, 1.54) is 19.2 Å². The highest BCUT2D eigenvalue weighted by Crippen LogP contribution is 2.24. The fourth-order valence-corrected chi connectivity index (χ4v) is 1.44. The van der Waals surface area contributed by atoms with E-state index >= 15 is 0 Å². The largest absolute Gasteiger partial charge is 0.494 e. The highest BCUT2D eigenvalue weighted by atomic mass is 19.2. The van der Waals surface area contributed by atoms with Crippen LogP contribution in [0.3, 0.4) is 0 Å². The van der Waals surface area contributed by atoms with Gasteiger partial charge >= 0.3 is 5.97 Å². The van der Waals surface area contributed by atoms with Gasteiger partial charge in [0, 0.05) is 6.20 Å². The van der Waals surface area contributed by atoms with Crippen LogP contribution in [0.2, 0.25) is 0 Å². The molecule has 1 aromatic heterocycles. The predicted octanol–water partition coefficient (Wildman–Crippen LogP) is 1.86. The molecule has 0 saturated heterocycles. The standard InChI is InChI=1S/C11H8F2N2O3/c1-18-8-3-2-7(9(12)10(8)13)15-4-6(11(16)17)14-5-15/h2-5H,1H3,(H,16,17). The number of halogens is 2. The van der Waals surface area contributed by atoms with Gasteiger partial charge in [-0.3, -0.25) is 0 Å². The third-order valence-corrected chi connectivity index (χ3v) is 2.33. The molecule has 0 aliphatic heterocycles. The second-order valence-electron chi connectivity index (χ2n) is 3.39. The predicted molar refractivity (Wildman–Crippen MR) is 57.0 cm³/mol. The molecular weight excluding hydrogens is 246 g/mol. The van der Waals surface area contributed by atoms with Gasteiger partial charge in [0.25, 0.3) is 0 Å². The van der Waals surface area contributed by atoms with Crippen molar-refractivity contribution < 1.29 is 23.4 Å². The average molecular weight is 254 g/mol. The highest BCUT2D eigenvalue weighted by Gasteiger charge is 2.16. The second-order valence-corrected chi connectivity index (χ2v) is 3.39. The van der Waals surface area contributed by atoms with Crippen LogP contribution in [0.15, 0.2) is 24.7 Å². The van der Waals surface area contributed by atoms with E-state index in [0.29, 0.717) is 0 Å². The molecule has 0 unspecified atom stereocenters. The molecule has 5 nitrogen and oxygen atoms in total. The Balaban J connectivity index is 2.50. The second kappa shape index (κ2) is 4.44. The Bertz CT molecular complexity index is 610. The van der Waals surface area contributed by atoms with E-state index < -0.39 is 17.6 Å². The molecule has 0 spiro atoms. The van der Waals surface area contributed by atoms with Gasteiger partial charge in [0.1, 0.15) is 6.33 Å². The lowest BCUT2D eigenvalue weighted by Crippen LogP contribution is -2.00. The first-order valence-electron chi connectivity index (χ1n) is 4.84. The number of carboxylic acids is 1. The maximum absolute atomic E-state index is 13.7.